The molecule has 0 fully saturated rings. The van der Waals surface area contributed by atoms with E-state index in [0.717, 1.165) is 22.3 Å². The lowest BCUT2D eigenvalue weighted by atomic mass is 9.86. The van der Waals surface area contributed by atoms with Gasteiger partial charge in [0.05, 0.1) is 0 Å². The summed E-state index contributed by atoms with van der Waals surface area (Å²) in [5, 5.41) is 14.7. The van der Waals surface area contributed by atoms with Gasteiger partial charge in [0.25, 0.3) is 0 Å². The highest BCUT2D eigenvalue weighted by molar-refractivity contribution is 5.89. The van der Waals surface area contributed by atoms with Crippen molar-refractivity contribution < 1.29 is 24.2 Å². The fraction of sp³-hybridized carbons (Fsp3) is 0.423. The van der Waals surface area contributed by atoms with Crippen molar-refractivity contribution >= 4 is 18.0 Å². The van der Waals surface area contributed by atoms with Crippen molar-refractivity contribution in [1.29, 1.82) is 0 Å². The van der Waals surface area contributed by atoms with Gasteiger partial charge in [-0.25, -0.2) is 9.59 Å². The van der Waals surface area contributed by atoms with Gasteiger partial charge < -0.3 is 20.5 Å². The number of ether oxygens (including phenoxy) is 1. The molecular formula is C26H32N2O5. The van der Waals surface area contributed by atoms with Crippen LogP contribution in [0.5, 0.6) is 0 Å². The second-order valence-electron chi connectivity index (χ2n) is 9.46. The summed E-state index contributed by atoms with van der Waals surface area (Å²) in [7, 11) is 0. The van der Waals surface area contributed by atoms with Crippen LogP contribution >= 0.6 is 0 Å². The van der Waals surface area contributed by atoms with Crippen LogP contribution in [0.15, 0.2) is 48.5 Å². The van der Waals surface area contributed by atoms with Crippen LogP contribution in [0.2, 0.25) is 0 Å². The molecule has 0 radical (unpaired) electrons. The van der Waals surface area contributed by atoms with E-state index in [1.54, 1.807) is 20.8 Å². The number of carboxylic acids is 1. The lowest BCUT2D eigenvalue weighted by Crippen LogP contribution is -2.55. The summed E-state index contributed by atoms with van der Waals surface area (Å²) in [6.45, 7) is 7.23. The Morgan fingerprint density at radius 1 is 0.970 bits per heavy atom. The summed E-state index contributed by atoms with van der Waals surface area (Å²) in [6.07, 6.45) is 0.301. The second kappa shape index (κ2) is 10.1. The summed E-state index contributed by atoms with van der Waals surface area (Å²) in [5.74, 6) is -1.74. The number of aliphatic carboxylic acids is 1. The van der Waals surface area contributed by atoms with Crippen molar-refractivity contribution in [2.75, 3.05) is 6.61 Å². The molecule has 3 rings (SSSR count). The summed E-state index contributed by atoms with van der Waals surface area (Å²) in [4.78, 5) is 37.0. The van der Waals surface area contributed by atoms with Gasteiger partial charge >= 0.3 is 12.1 Å². The van der Waals surface area contributed by atoms with Gasteiger partial charge in [-0.05, 0) is 34.1 Å². The van der Waals surface area contributed by atoms with E-state index in [-0.39, 0.29) is 12.5 Å². The molecule has 2 atom stereocenters. The maximum atomic E-state index is 12.8. The number of benzene rings is 2. The van der Waals surface area contributed by atoms with Crippen molar-refractivity contribution in [3.8, 4) is 11.1 Å². The van der Waals surface area contributed by atoms with Crippen LogP contribution in [-0.4, -0.2) is 41.8 Å². The quantitative estimate of drug-likeness (QED) is 0.554. The number of carbonyl (C=O) groups is 3. The molecule has 0 saturated carbocycles. The fourth-order valence-electron chi connectivity index (χ4n) is 4.23. The normalized spacial score (nSPS) is 14.5. The lowest BCUT2D eigenvalue weighted by molar-refractivity contribution is -0.145. The van der Waals surface area contributed by atoms with Gasteiger partial charge in [-0.2, -0.15) is 0 Å². The monoisotopic (exact) mass is 452 g/mol. The molecule has 1 aliphatic carbocycles. The number of amides is 2. The van der Waals surface area contributed by atoms with Crippen LogP contribution in [0.4, 0.5) is 4.79 Å². The standard InChI is InChI=1S/C26H32N2O5/c1-5-10-21(23(29)28-22(24(30)31)26(2,3)4)27-25(32)33-15-20-18-13-8-6-11-16(18)17-12-7-9-14-19(17)20/h6-9,11-14,20-22H,5,10,15H2,1-4H3,(H,27,32)(H,28,29)(H,30,31)/t21-,22-/m1/s1. The van der Waals surface area contributed by atoms with Gasteiger partial charge in [0.1, 0.15) is 18.7 Å². The number of carboxylic acid groups (broad SMARTS) is 1. The molecule has 0 bridgehead atoms. The zero-order valence-corrected chi connectivity index (χ0v) is 19.6. The van der Waals surface area contributed by atoms with Gasteiger partial charge in [0.15, 0.2) is 0 Å². The number of carbonyl (C=O) groups excluding carboxylic acids is 2. The third kappa shape index (κ3) is 5.53. The van der Waals surface area contributed by atoms with Crippen molar-refractivity contribution in [3.05, 3.63) is 59.7 Å². The highest BCUT2D eigenvalue weighted by atomic mass is 16.5. The van der Waals surface area contributed by atoms with Crippen LogP contribution in [0.25, 0.3) is 11.1 Å². The van der Waals surface area contributed by atoms with Gasteiger partial charge in [-0.3, -0.25) is 4.79 Å². The first-order valence-corrected chi connectivity index (χ1v) is 11.3. The second-order valence-corrected chi connectivity index (χ2v) is 9.46. The third-order valence-corrected chi connectivity index (χ3v) is 5.93. The van der Waals surface area contributed by atoms with Crippen LogP contribution in [0.3, 0.4) is 0 Å². The SMILES string of the molecule is CCC[C@@H](NC(=O)OCC1c2ccccc2-c2ccccc21)C(=O)N[C@H](C(=O)O)C(C)(C)C. The maximum absolute atomic E-state index is 12.8. The van der Waals surface area contributed by atoms with E-state index in [2.05, 4.69) is 22.8 Å². The molecule has 2 amide bonds. The highest BCUT2D eigenvalue weighted by Crippen LogP contribution is 2.44. The molecule has 0 spiro atoms. The number of rotatable bonds is 8. The van der Waals surface area contributed by atoms with Gasteiger partial charge in [0.2, 0.25) is 5.91 Å². The Morgan fingerprint density at radius 3 is 2.00 bits per heavy atom. The Hall–Kier alpha value is -3.35. The highest BCUT2D eigenvalue weighted by Gasteiger charge is 2.35. The zero-order chi connectivity index (χ0) is 24.2. The predicted molar refractivity (Wildman–Crippen MR) is 126 cm³/mol. The number of alkyl carbamates (subject to hydrolysis) is 1. The molecule has 0 aliphatic heterocycles. The Labute approximate surface area is 194 Å². The maximum Gasteiger partial charge on any atom is 0.407 e. The molecule has 0 saturated heterocycles. The first-order chi connectivity index (χ1) is 15.6. The van der Waals surface area contributed by atoms with Gasteiger partial charge in [0, 0.05) is 5.92 Å². The van der Waals surface area contributed by atoms with Crippen molar-refractivity contribution in [2.45, 2.75) is 58.5 Å². The first kappa shape index (κ1) is 24.3. The predicted octanol–water partition coefficient (Wildman–Crippen LogP) is 4.31. The molecule has 7 nitrogen and oxygen atoms in total. The lowest BCUT2D eigenvalue weighted by Gasteiger charge is -2.29. The molecule has 0 heterocycles. The number of nitrogens with one attached hydrogen (secondary N) is 2. The zero-order valence-electron chi connectivity index (χ0n) is 19.6. The van der Waals surface area contributed by atoms with Crippen LogP contribution < -0.4 is 10.6 Å². The Bertz CT molecular complexity index is 982. The van der Waals surface area contributed by atoms with Crippen LogP contribution in [-0.2, 0) is 14.3 Å². The largest absolute Gasteiger partial charge is 0.480 e. The fourth-order valence-corrected chi connectivity index (χ4v) is 4.23. The Kier molecular flexibility index (Phi) is 7.41. The third-order valence-electron chi connectivity index (χ3n) is 5.93. The van der Waals surface area contributed by atoms with E-state index in [0.29, 0.717) is 12.8 Å². The van der Waals surface area contributed by atoms with E-state index in [1.165, 1.54) is 0 Å². The van der Waals surface area contributed by atoms with E-state index in [4.69, 9.17) is 4.74 Å². The molecule has 176 valence electrons. The smallest absolute Gasteiger partial charge is 0.407 e. The van der Waals surface area contributed by atoms with Crippen molar-refractivity contribution in [3.63, 3.8) is 0 Å². The average Bonchev–Trinajstić information content (AvgIpc) is 3.08. The van der Waals surface area contributed by atoms with E-state index < -0.39 is 35.5 Å². The van der Waals surface area contributed by atoms with E-state index in [9.17, 15) is 19.5 Å². The van der Waals surface area contributed by atoms with Gasteiger partial charge in [-0.15, -0.1) is 0 Å². The van der Waals surface area contributed by atoms with Crippen LogP contribution in [0, 0.1) is 5.41 Å². The summed E-state index contributed by atoms with van der Waals surface area (Å²) in [5.41, 5.74) is 3.79. The number of fused-ring (bicyclic) bond motifs is 3. The van der Waals surface area contributed by atoms with Crippen LogP contribution in [0.1, 0.15) is 57.6 Å². The van der Waals surface area contributed by atoms with Crippen molar-refractivity contribution in [1.82, 2.24) is 10.6 Å². The number of hydrogen-bond acceptors (Lipinski definition) is 4. The molecule has 2 aromatic carbocycles. The van der Waals surface area contributed by atoms with Crippen molar-refractivity contribution in [2.24, 2.45) is 5.41 Å². The molecule has 0 unspecified atom stereocenters. The van der Waals surface area contributed by atoms with E-state index in [1.807, 2.05) is 43.3 Å². The Morgan fingerprint density at radius 2 is 1.52 bits per heavy atom. The minimum atomic E-state index is -1.12. The average molecular weight is 453 g/mol. The summed E-state index contributed by atoms with van der Waals surface area (Å²) < 4.78 is 5.54. The number of hydrogen-bond donors (Lipinski definition) is 3. The molecule has 1 aliphatic rings. The minimum Gasteiger partial charge on any atom is -0.480 e. The molecule has 2 aromatic rings. The van der Waals surface area contributed by atoms with Gasteiger partial charge in [-0.1, -0.05) is 82.6 Å². The summed E-state index contributed by atoms with van der Waals surface area (Å²) in [6, 6.07) is 14.1. The molecule has 33 heavy (non-hydrogen) atoms. The molecular weight excluding hydrogens is 420 g/mol. The Balaban J connectivity index is 1.66. The summed E-state index contributed by atoms with van der Waals surface area (Å²) >= 11 is 0. The molecule has 3 N–H and O–H groups in total. The minimum absolute atomic E-state index is 0.0844. The topological polar surface area (TPSA) is 105 Å². The molecule has 0 aromatic heterocycles. The molecule has 7 heteroatoms. The van der Waals surface area contributed by atoms with E-state index >= 15 is 0 Å². The first-order valence-electron chi connectivity index (χ1n) is 11.3.